The van der Waals surface area contributed by atoms with Crippen molar-refractivity contribution in [2.24, 2.45) is 29.2 Å². The van der Waals surface area contributed by atoms with Crippen LogP contribution in [0.3, 0.4) is 0 Å². The Morgan fingerprint density at radius 2 is 0.716 bits per heavy atom. The van der Waals surface area contributed by atoms with Gasteiger partial charge in [-0.3, -0.25) is 24.0 Å². The van der Waals surface area contributed by atoms with E-state index in [0.717, 1.165) is 169 Å². The van der Waals surface area contributed by atoms with Crippen LogP contribution in [0.4, 0.5) is 35.2 Å². The Morgan fingerprint density at radius 1 is 0.394 bits per heavy atom. The zero-order valence-corrected chi connectivity index (χ0v) is 61.1. The van der Waals surface area contributed by atoms with Gasteiger partial charge in [-0.25, -0.2) is 54.6 Å². The Morgan fingerprint density at radius 3 is 1.09 bits per heavy atom. The third-order valence-electron chi connectivity index (χ3n) is 19.1. The highest BCUT2D eigenvalue weighted by Gasteiger charge is 2.25. The number of piperidine rings is 3. The highest BCUT2D eigenvalue weighted by Crippen LogP contribution is 2.27. The van der Waals surface area contributed by atoms with Gasteiger partial charge < -0.3 is 76.3 Å². The van der Waals surface area contributed by atoms with Crippen molar-refractivity contribution < 1.29 is 33.9 Å². The number of benzene rings is 4. The Hall–Kier alpha value is -12.8. The number of carbonyl (C=O) groups excluding carboxylic acids is 5. The van der Waals surface area contributed by atoms with Gasteiger partial charge in [-0.2, -0.15) is 9.97 Å². The predicted octanol–water partition coefficient (Wildman–Crippen LogP) is 6.16. The van der Waals surface area contributed by atoms with E-state index in [1.165, 1.54) is 25.0 Å². The van der Waals surface area contributed by atoms with Crippen molar-refractivity contribution in [3.63, 3.8) is 0 Å². The lowest BCUT2D eigenvalue weighted by Crippen LogP contribution is -2.37. The number of nitrogens with zero attached hydrogens (tertiary/aromatic N) is 15. The lowest BCUT2D eigenvalue weighted by Gasteiger charge is -2.31. The summed E-state index contributed by atoms with van der Waals surface area (Å²) in [7, 11) is 0. The molecule has 4 aromatic carbocycles. The lowest BCUT2D eigenvalue weighted by molar-refractivity contribution is -0.131. The number of hydrogen-bond acceptors (Lipinski definition) is 26. The molecule has 0 atom stereocenters. The number of amides is 5. The molecular formula is C77H91N25O7. The Balaban J connectivity index is 0.000000152. The molecular weight excluding hydrogens is 1390 g/mol. The molecule has 11 aromatic rings. The molecule has 0 bridgehead atoms. The fraction of sp³-hybridized carbons (Fsp3) is 0.325. The third-order valence-corrected chi connectivity index (χ3v) is 19.1. The maximum atomic E-state index is 12.6. The van der Waals surface area contributed by atoms with Gasteiger partial charge in [0.2, 0.25) is 29.6 Å². The molecule has 14 rings (SSSR count). The van der Waals surface area contributed by atoms with E-state index in [0.29, 0.717) is 89.5 Å². The Kier molecular flexibility index (Phi) is 27.0. The van der Waals surface area contributed by atoms with Gasteiger partial charge in [0, 0.05) is 125 Å². The quantitative estimate of drug-likeness (QED) is 0.0547. The van der Waals surface area contributed by atoms with Gasteiger partial charge in [-0.1, -0.05) is 36.4 Å². The SMILES string of the molecule is CC(=O)N1CCC(Cc2cc(C(=O)NCc3ccc4c(N)nc(N)nc4c3)ncn2)CC1.CC(=O)N1CCC(Cc2cc(C(=O)NCc3ccc4ccc(N)nc4c3)ncn2)CC1.CC(=O)N1CCC(Cc2cc(C(=O)O)ncn2)CC1.NCc1ccc2c(N)nc(N)nc2c1.NCc1ccc2ccc(N)nc2c1. The summed E-state index contributed by atoms with van der Waals surface area (Å²) in [4.78, 5) is 125. The van der Waals surface area contributed by atoms with E-state index < -0.39 is 5.97 Å². The molecule has 32 heteroatoms. The summed E-state index contributed by atoms with van der Waals surface area (Å²) in [6.07, 6.45) is 12.1. The normalized spacial score (nSPS) is 13.9. The minimum atomic E-state index is -1.03. The second-order valence-corrected chi connectivity index (χ2v) is 26.9. The minimum absolute atomic E-state index is 0.0335. The van der Waals surface area contributed by atoms with E-state index >= 15 is 0 Å². The fourth-order valence-corrected chi connectivity index (χ4v) is 12.9. The first-order valence-corrected chi connectivity index (χ1v) is 35.8. The summed E-state index contributed by atoms with van der Waals surface area (Å²) in [5.74, 6) is 2.19. The summed E-state index contributed by atoms with van der Waals surface area (Å²) in [6, 6.07) is 35.4. The average Bonchev–Trinajstić information content (AvgIpc) is 0.820. The Labute approximate surface area is 628 Å². The maximum absolute atomic E-state index is 12.6. The smallest absolute Gasteiger partial charge is 0.354 e. The van der Waals surface area contributed by atoms with Gasteiger partial charge in [-0.15, -0.1) is 0 Å². The molecule has 32 nitrogen and oxygen atoms in total. The molecule has 3 saturated heterocycles. The molecule has 10 heterocycles. The first-order valence-electron chi connectivity index (χ1n) is 35.8. The van der Waals surface area contributed by atoms with Crippen LogP contribution in [0.15, 0.2) is 134 Å². The van der Waals surface area contributed by atoms with Crippen LogP contribution in [-0.2, 0) is 59.8 Å². The molecule has 3 fully saturated rings. The first kappa shape index (κ1) is 78.7. The van der Waals surface area contributed by atoms with Crippen molar-refractivity contribution in [1.82, 2.24) is 85.1 Å². The Bertz CT molecular complexity index is 5070. The van der Waals surface area contributed by atoms with E-state index in [1.54, 1.807) is 45.0 Å². The van der Waals surface area contributed by atoms with E-state index in [-0.39, 0.29) is 47.1 Å². The number of carboxylic acids is 1. The number of fused-ring (bicyclic) bond motifs is 4. The number of rotatable bonds is 15. The fourth-order valence-electron chi connectivity index (χ4n) is 12.9. The number of anilines is 6. The maximum Gasteiger partial charge on any atom is 0.354 e. The molecule has 0 aliphatic carbocycles. The number of nitrogens with two attached hydrogens (primary N) is 8. The highest BCUT2D eigenvalue weighted by atomic mass is 16.4. The molecule has 0 unspecified atom stereocenters. The molecule has 109 heavy (non-hydrogen) atoms. The summed E-state index contributed by atoms with van der Waals surface area (Å²) in [6.45, 7) is 11.1. The van der Waals surface area contributed by atoms with Crippen LogP contribution >= 0.6 is 0 Å². The number of pyridine rings is 2. The van der Waals surface area contributed by atoms with Crippen LogP contribution in [0.25, 0.3) is 43.6 Å². The van der Waals surface area contributed by atoms with Crippen LogP contribution < -0.4 is 56.5 Å². The van der Waals surface area contributed by atoms with E-state index in [1.807, 2.05) is 99.6 Å². The van der Waals surface area contributed by atoms with Crippen molar-refractivity contribution in [1.29, 1.82) is 0 Å². The average molecular weight is 1480 g/mol. The summed E-state index contributed by atoms with van der Waals surface area (Å²) in [5.41, 5.74) is 55.2. The van der Waals surface area contributed by atoms with Gasteiger partial charge in [0.05, 0.1) is 22.1 Å². The lowest BCUT2D eigenvalue weighted by atomic mass is 9.92. The predicted molar refractivity (Wildman–Crippen MR) is 416 cm³/mol. The third kappa shape index (κ3) is 22.6. The van der Waals surface area contributed by atoms with Crippen LogP contribution in [0, 0.1) is 17.8 Å². The van der Waals surface area contributed by atoms with Crippen LogP contribution in [0.1, 0.15) is 130 Å². The second-order valence-electron chi connectivity index (χ2n) is 26.9. The summed E-state index contributed by atoms with van der Waals surface area (Å²) >= 11 is 0. The van der Waals surface area contributed by atoms with Gasteiger partial charge >= 0.3 is 5.97 Å². The first-order chi connectivity index (χ1) is 52.4. The molecule has 3 aliphatic rings. The molecule has 0 saturated carbocycles. The van der Waals surface area contributed by atoms with E-state index in [9.17, 15) is 28.8 Å². The van der Waals surface area contributed by atoms with Gasteiger partial charge in [0.25, 0.3) is 11.8 Å². The van der Waals surface area contributed by atoms with Crippen molar-refractivity contribution in [3.8, 4) is 0 Å². The number of aromatic nitrogens is 12. The van der Waals surface area contributed by atoms with E-state index in [4.69, 9.17) is 51.0 Å². The van der Waals surface area contributed by atoms with Crippen molar-refractivity contribution >= 4 is 114 Å². The number of carbonyl (C=O) groups is 6. The number of hydrogen-bond donors (Lipinski definition) is 11. The minimum Gasteiger partial charge on any atom is -0.477 e. The largest absolute Gasteiger partial charge is 0.477 e. The summed E-state index contributed by atoms with van der Waals surface area (Å²) < 4.78 is 0. The van der Waals surface area contributed by atoms with Gasteiger partial charge in [0.15, 0.2) is 5.69 Å². The van der Waals surface area contributed by atoms with Crippen molar-refractivity contribution in [3.05, 3.63) is 191 Å². The monoisotopic (exact) mass is 1480 g/mol. The van der Waals surface area contributed by atoms with Crippen LogP contribution in [-0.4, -0.2) is 154 Å². The molecule has 0 radical (unpaired) electrons. The second kappa shape index (κ2) is 37.4. The van der Waals surface area contributed by atoms with Crippen molar-refractivity contribution in [2.75, 3.05) is 73.7 Å². The summed E-state index contributed by atoms with van der Waals surface area (Å²) in [5, 5.41) is 18.3. The zero-order chi connectivity index (χ0) is 77.7. The van der Waals surface area contributed by atoms with Gasteiger partial charge in [-0.05, 0) is 177 Å². The molecule has 0 spiro atoms. The van der Waals surface area contributed by atoms with Crippen LogP contribution in [0.5, 0.6) is 0 Å². The molecule has 7 aromatic heterocycles. The zero-order valence-electron chi connectivity index (χ0n) is 61.1. The standard InChI is InChI=1S/C23H26N6O2.C22H26N8O2.C13H17N3O3.C10H11N3.C9H11N5/c1-15(30)29-8-6-16(7-9-29)10-19-12-21(27-14-26-19)23(31)25-13-17-2-3-18-4-5-22(24)28-20(18)11-17;1-13(31)30-6-4-14(5-7-30)8-16-10-19(27-12-26-16)21(32)25-11-15-2-3-17-18(9-15)28-22(24)29-20(17)23;1-9(17)16-4-2-10(3-5-16)6-11-7-12(13(18)19)15-8-14-11;11-6-7-1-2-8-3-4-10(12)13-9(8)5-7;10-4-5-1-2-6-7(3-5)13-9(12)14-8(6)11/h2-5,11-12,14,16H,6-10,13H2,1H3,(H2,24,28)(H,25,31);2-3,9-10,12,14H,4-8,11H2,1H3,(H,25,32)(H4,23,24,28,29);7-8,10H,2-6H2,1H3,(H,18,19);1-5H,6,11H2,(H2,12,13);1-3H,4,10H2,(H4,11,12,13,14). The molecule has 3 aliphatic heterocycles. The highest BCUT2D eigenvalue weighted by molar-refractivity contribution is 5.94. The molecule has 5 amide bonds. The van der Waals surface area contributed by atoms with Crippen LogP contribution in [0.2, 0.25) is 0 Å². The number of nitrogens with one attached hydrogen (secondary N) is 2. The topological polar surface area (TPSA) is 519 Å². The number of likely N-dealkylation sites (tertiary alicyclic amines) is 3. The number of carboxylic acid groups (broad SMARTS) is 1. The van der Waals surface area contributed by atoms with E-state index in [2.05, 4.69) is 70.4 Å². The number of aromatic carboxylic acids is 1. The molecule has 19 N–H and O–H groups in total. The number of nitrogen functional groups attached to an aromatic ring is 6. The van der Waals surface area contributed by atoms with Crippen molar-refractivity contribution in [2.45, 2.75) is 105 Å². The van der Waals surface area contributed by atoms with Gasteiger partial charge in [0.1, 0.15) is 53.6 Å². The molecule has 566 valence electrons.